The van der Waals surface area contributed by atoms with Crippen LogP contribution in [0.3, 0.4) is 0 Å². The molecule has 124 valence electrons. The molecule has 0 unspecified atom stereocenters. The van der Waals surface area contributed by atoms with Crippen molar-refractivity contribution >= 4 is 5.97 Å². The van der Waals surface area contributed by atoms with Crippen molar-refractivity contribution in [3.63, 3.8) is 0 Å². The fourth-order valence-corrected chi connectivity index (χ4v) is 3.89. The molecule has 3 rings (SSSR count). The molecule has 0 radical (unpaired) electrons. The van der Waals surface area contributed by atoms with E-state index in [1.54, 1.807) is 13.0 Å². The third-order valence-electron chi connectivity index (χ3n) is 5.99. The van der Waals surface area contributed by atoms with Gasteiger partial charge in [-0.15, -0.1) is 0 Å². The number of furan rings is 1. The van der Waals surface area contributed by atoms with E-state index in [0.717, 1.165) is 25.0 Å². The molecule has 0 bridgehead atoms. The lowest BCUT2D eigenvalue weighted by Gasteiger charge is -2.47. The molecule has 0 spiro atoms. The second kappa shape index (κ2) is 5.70. The first-order chi connectivity index (χ1) is 10.9. The van der Waals surface area contributed by atoms with Gasteiger partial charge in [-0.1, -0.05) is 31.6 Å². The van der Waals surface area contributed by atoms with Crippen LogP contribution in [0, 0.1) is 18.3 Å². The number of ether oxygens (including phenoxy) is 1. The molecule has 0 aromatic carbocycles. The first-order valence-corrected chi connectivity index (χ1v) is 8.46. The highest BCUT2D eigenvalue weighted by atomic mass is 16.5. The summed E-state index contributed by atoms with van der Waals surface area (Å²) < 4.78 is 11.5. The molecule has 1 heterocycles. The molecule has 3 atom stereocenters. The number of hydrogen-bond donors (Lipinski definition) is 0. The molecule has 0 amide bonds. The number of carbonyl (C=O) groups excluding carboxylic acids is 1. The van der Waals surface area contributed by atoms with Crippen molar-refractivity contribution in [2.24, 2.45) is 11.3 Å². The van der Waals surface area contributed by atoms with Crippen LogP contribution >= 0.6 is 0 Å². The normalized spacial score (nSPS) is 30.3. The Hall–Kier alpha value is -1.77. The zero-order valence-corrected chi connectivity index (χ0v) is 14.7. The topological polar surface area (TPSA) is 39.4 Å². The molecular weight excluding hydrogens is 288 g/mol. The van der Waals surface area contributed by atoms with E-state index in [-0.39, 0.29) is 17.5 Å². The van der Waals surface area contributed by atoms with E-state index in [1.807, 2.05) is 13.2 Å². The number of esters is 1. The zero-order valence-electron chi connectivity index (χ0n) is 14.7. The summed E-state index contributed by atoms with van der Waals surface area (Å²) in [6.45, 7) is 10.3. The molecule has 23 heavy (non-hydrogen) atoms. The average molecular weight is 314 g/mol. The van der Waals surface area contributed by atoms with Crippen LogP contribution in [0.5, 0.6) is 0 Å². The van der Waals surface area contributed by atoms with Gasteiger partial charge in [0.15, 0.2) is 0 Å². The third-order valence-corrected chi connectivity index (χ3v) is 5.99. The molecular formula is C20H26O3. The molecule has 1 aromatic rings. The van der Waals surface area contributed by atoms with Gasteiger partial charge in [0.25, 0.3) is 0 Å². The van der Waals surface area contributed by atoms with Crippen LogP contribution in [-0.4, -0.2) is 12.1 Å². The smallest absolute Gasteiger partial charge is 0.333 e. The number of rotatable bonds is 2. The fourth-order valence-electron chi connectivity index (χ4n) is 3.89. The van der Waals surface area contributed by atoms with Crippen LogP contribution in [0.25, 0.3) is 0 Å². The minimum Gasteiger partial charge on any atom is -0.468 e. The Morgan fingerprint density at radius 3 is 2.91 bits per heavy atom. The molecule has 2 aliphatic carbocycles. The zero-order chi connectivity index (χ0) is 16.8. The first kappa shape index (κ1) is 16.1. The SMILES string of the molecule is C/C=C(/C)C(=O)O[C@H]1CC=C2Cc3occ(C)c3C[C@]2(C)[C@H]1C. The van der Waals surface area contributed by atoms with E-state index in [9.17, 15) is 4.79 Å². The number of carbonyl (C=O) groups is 1. The minimum atomic E-state index is -0.194. The van der Waals surface area contributed by atoms with Crippen LogP contribution in [0.15, 0.2) is 34.0 Å². The summed E-state index contributed by atoms with van der Waals surface area (Å²) in [6, 6.07) is 0. The Morgan fingerprint density at radius 2 is 2.22 bits per heavy atom. The van der Waals surface area contributed by atoms with Crippen LogP contribution < -0.4 is 0 Å². The highest BCUT2D eigenvalue weighted by molar-refractivity contribution is 5.87. The lowest BCUT2D eigenvalue weighted by molar-refractivity contribution is -0.149. The molecule has 0 fully saturated rings. The van der Waals surface area contributed by atoms with Gasteiger partial charge in [0.1, 0.15) is 11.9 Å². The van der Waals surface area contributed by atoms with Crippen LogP contribution in [-0.2, 0) is 22.4 Å². The van der Waals surface area contributed by atoms with Crippen LogP contribution in [0.1, 0.15) is 51.0 Å². The fraction of sp³-hybridized carbons (Fsp3) is 0.550. The maximum Gasteiger partial charge on any atom is 0.333 e. The summed E-state index contributed by atoms with van der Waals surface area (Å²) >= 11 is 0. The summed E-state index contributed by atoms with van der Waals surface area (Å²) in [5.41, 5.74) is 4.72. The Labute approximate surface area is 138 Å². The van der Waals surface area contributed by atoms with Gasteiger partial charge in [0, 0.05) is 24.3 Å². The van der Waals surface area contributed by atoms with E-state index >= 15 is 0 Å². The predicted octanol–water partition coefficient (Wildman–Crippen LogP) is 4.54. The number of aryl methyl sites for hydroxylation is 1. The summed E-state index contributed by atoms with van der Waals surface area (Å²) in [7, 11) is 0. The van der Waals surface area contributed by atoms with E-state index in [0.29, 0.717) is 11.5 Å². The van der Waals surface area contributed by atoms with Crippen LogP contribution in [0.2, 0.25) is 0 Å². The van der Waals surface area contributed by atoms with Crippen molar-refractivity contribution in [3.05, 3.63) is 46.4 Å². The average Bonchev–Trinajstić information content (AvgIpc) is 2.88. The lowest BCUT2D eigenvalue weighted by atomic mass is 9.59. The van der Waals surface area contributed by atoms with Gasteiger partial charge in [0.05, 0.1) is 6.26 Å². The second-order valence-electron chi connectivity index (χ2n) is 7.26. The van der Waals surface area contributed by atoms with Gasteiger partial charge in [-0.25, -0.2) is 4.79 Å². The summed E-state index contributed by atoms with van der Waals surface area (Å²) in [5, 5.41) is 0. The van der Waals surface area contributed by atoms with Crippen molar-refractivity contribution in [3.8, 4) is 0 Å². The summed E-state index contributed by atoms with van der Waals surface area (Å²) in [5.74, 6) is 1.21. The van der Waals surface area contributed by atoms with Gasteiger partial charge in [0.2, 0.25) is 0 Å². The van der Waals surface area contributed by atoms with E-state index in [4.69, 9.17) is 9.15 Å². The molecule has 0 aliphatic heterocycles. The van der Waals surface area contributed by atoms with Gasteiger partial charge < -0.3 is 9.15 Å². The van der Waals surface area contributed by atoms with Crippen molar-refractivity contribution in [2.75, 3.05) is 0 Å². The second-order valence-corrected chi connectivity index (χ2v) is 7.26. The van der Waals surface area contributed by atoms with Gasteiger partial charge in [-0.05, 0) is 43.7 Å². The van der Waals surface area contributed by atoms with Gasteiger partial charge in [-0.3, -0.25) is 0 Å². The number of fused-ring (bicyclic) bond motifs is 2. The quantitative estimate of drug-likeness (QED) is 0.457. The highest BCUT2D eigenvalue weighted by Crippen LogP contribution is 2.50. The maximum absolute atomic E-state index is 12.1. The summed E-state index contributed by atoms with van der Waals surface area (Å²) in [4.78, 5) is 12.1. The Balaban J connectivity index is 1.87. The Kier molecular flexibility index (Phi) is 3.99. The molecule has 0 saturated carbocycles. The number of allylic oxidation sites excluding steroid dienone is 2. The molecule has 3 nitrogen and oxygen atoms in total. The molecule has 1 aromatic heterocycles. The molecule has 0 saturated heterocycles. The molecule has 0 N–H and O–H groups in total. The van der Waals surface area contributed by atoms with E-state index in [1.165, 1.54) is 16.7 Å². The Morgan fingerprint density at radius 1 is 1.48 bits per heavy atom. The number of hydrogen-bond acceptors (Lipinski definition) is 3. The molecule has 3 heteroatoms. The van der Waals surface area contributed by atoms with Crippen molar-refractivity contribution in [1.29, 1.82) is 0 Å². The highest BCUT2D eigenvalue weighted by Gasteiger charge is 2.46. The standard InChI is InChI=1S/C20H26O3/c1-6-12(2)19(21)23-17-8-7-15-9-18-16(13(3)11-22-18)10-20(15,5)14(17)4/h6-7,11,14,17H,8-10H2,1-5H3/b12-6-/t14-,17-,20+/m0/s1. The monoisotopic (exact) mass is 314 g/mol. The van der Waals surface area contributed by atoms with Crippen molar-refractivity contribution < 1.29 is 13.9 Å². The summed E-state index contributed by atoms with van der Waals surface area (Å²) in [6.07, 6.45) is 8.53. The Bertz CT molecular complexity index is 692. The minimum absolute atomic E-state index is 0.0364. The lowest BCUT2D eigenvalue weighted by Crippen LogP contribution is -2.44. The third kappa shape index (κ3) is 2.56. The predicted molar refractivity (Wildman–Crippen MR) is 90.1 cm³/mol. The van der Waals surface area contributed by atoms with E-state index < -0.39 is 0 Å². The van der Waals surface area contributed by atoms with Gasteiger partial charge >= 0.3 is 5.97 Å². The maximum atomic E-state index is 12.1. The van der Waals surface area contributed by atoms with Crippen molar-refractivity contribution in [1.82, 2.24) is 0 Å². The first-order valence-electron chi connectivity index (χ1n) is 8.46. The van der Waals surface area contributed by atoms with Gasteiger partial charge in [-0.2, -0.15) is 0 Å². The molecule has 2 aliphatic rings. The van der Waals surface area contributed by atoms with Crippen molar-refractivity contribution in [2.45, 2.75) is 60.0 Å². The van der Waals surface area contributed by atoms with E-state index in [2.05, 4.69) is 26.8 Å². The largest absolute Gasteiger partial charge is 0.468 e. The van der Waals surface area contributed by atoms with Crippen LogP contribution in [0.4, 0.5) is 0 Å².